The Balaban J connectivity index is 2.28. The monoisotopic (exact) mass is 292 g/mol. The Morgan fingerprint density at radius 3 is 2.63 bits per heavy atom. The maximum atomic E-state index is 12.1. The Bertz CT molecular complexity index is 569. The van der Waals surface area contributed by atoms with Crippen molar-refractivity contribution in [3.05, 3.63) is 40.8 Å². The zero-order valence-electron chi connectivity index (χ0n) is 10.0. The molecule has 1 heterocycles. The number of rotatable bonds is 3. The van der Waals surface area contributed by atoms with E-state index < -0.39 is 17.9 Å². The van der Waals surface area contributed by atoms with Crippen molar-refractivity contribution in [2.24, 2.45) is 0 Å². The molecule has 0 aliphatic carbocycles. The van der Waals surface area contributed by atoms with Gasteiger partial charge in [0.05, 0.1) is 16.9 Å². The Kier molecular flexibility index (Phi) is 4.01. The van der Waals surface area contributed by atoms with E-state index in [1.807, 2.05) is 30.3 Å². The van der Waals surface area contributed by atoms with Gasteiger partial charge in [-0.2, -0.15) is 0 Å². The van der Waals surface area contributed by atoms with E-state index in [4.69, 9.17) is 12.2 Å². The second kappa shape index (κ2) is 5.54. The van der Waals surface area contributed by atoms with Crippen LogP contribution in [0.25, 0.3) is 6.08 Å². The quantitative estimate of drug-likeness (QED) is 0.615. The predicted octanol–water partition coefficient (Wildman–Crippen LogP) is 1.03. The molecule has 0 radical (unpaired) electrons. The molecule has 1 unspecified atom stereocenters. The highest BCUT2D eigenvalue weighted by atomic mass is 32.2. The van der Waals surface area contributed by atoms with Crippen molar-refractivity contribution in [1.82, 2.24) is 4.90 Å². The number of hydrogen-bond acceptors (Lipinski definition) is 5. The minimum atomic E-state index is -1.32. The Hall–Kier alpha value is -1.66. The van der Waals surface area contributed by atoms with E-state index in [0.717, 1.165) is 22.2 Å². The van der Waals surface area contributed by atoms with Gasteiger partial charge in [0, 0.05) is 0 Å². The number of carboxylic acid groups (broad SMARTS) is 1. The molecule has 0 bridgehead atoms. The number of carboxylic acids is 1. The molecule has 4 nitrogen and oxygen atoms in total. The molecule has 1 saturated heterocycles. The van der Waals surface area contributed by atoms with Crippen LogP contribution in [0.15, 0.2) is 35.2 Å². The topological polar surface area (TPSA) is 60.4 Å². The van der Waals surface area contributed by atoms with Gasteiger partial charge in [0.25, 0.3) is 5.91 Å². The lowest BCUT2D eigenvalue weighted by atomic mass is 10.2. The number of amides is 1. The summed E-state index contributed by atoms with van der Waals surface area (Å²) in [5.41, 5.74) is 0.865. The number of thioether (sulfide) groups is 1. The molecule has 0 spiro atoms. The van der Waals surface area contributed by atoms with Crippen LogP contribution in [0.5, 0.6) is 0 Å². The molecule has 0 aromatic heterocycles. The summed E-state index contributed by atoms with van der Waals surface area (Å²) in [4.78, 5) is 24.5. The van der Waals surface area contributed by atoms with E-state index in [9.17, 15) is 14.7 Å². The summed E-state index contributed by atoms with van der Waals surface area (Å²) in [5.74, 6) is -1.71. The van der Waals surface area contributed by atoms with E-state index in [0.29, 0.717) is 4.91 Å². The molecule has 1 aliphatic rings. The molecule has 1 amide bonds. The van der Waals surface area contributed by atoms with Crippen molar-refractivity contribution < 1.29 is 14.7 Å². The van der Waals surface area contributed by atoms with Crippen LogP contribution in [0.2, 0.25) is 0 Å². The molecule has 1 aromatic carbocycles. The summed E-state index contributed by atoms with van der Waals surface area (Å²) in [6, 6.07) is 8.24. The van der Waals surface area contributed by atoms with Crippen molar-refractivity contribution >= 4 is 46.3 Å². The van der Waals surface area contributed by atoms with Crippen molar-refractivity contribution in [1.29, 1.82) is 0 Å². The summed E-state index contributed by atoms with van der Waals surface area (Å²) >= 11 is 6.14. The molecule has 19 heavy (non-hydrogen) atoms. The van der Waals surface area contributed by atoms with E-state index in [1.165, 1.54) is 6.92 Å². The van der Waals surface area contributed by atoms with Crippen molar-refractivity contribution in [3.63, 3.8) is 0 Å². The van der Waals surface area contributed by atoms with Crippen molar-refractivity contribution in [2.75, 3.05) is 0 Å². The lowest BCUT2D eigenvalue weighted by molar-refractivity contribution is -0.309. The number of carbonyl (C=O) groups excluding carboxylic acids is 2. The standard InChI is InChI=1S/C13H11NO3S2/c1-8(12(16)17)14-11(15)10(19-13(14)18)7-9-5-3-2-4-6-9/h2-8H,1H3,(H,16,17)/p-1. The number of thiocarbonyl (C=S) groups is 1. The molecule has 2 rings (SSSR count). The molecular weight excluding hydrogens is 282 g/mol. The van der Waals surface area contributed by atoms with E-state index in [2.05, 4.69) is 0 Å². The van der Waals surface area contributed by atoms with Gasteiger partial charge in [0.2, 0.25) is 0 Å². The van der Waals surface area contributed by atoms with Crippen LogP contribution in [0.3, 0.4) is 0 Å². The minimum absolute atomic E-state index is 0.240. The first-order valence-electron chi connectivity index (χ1n) is 5.53. The summed E-state index contributed by atoms with van der Waals surface area (Å²) in [6.45, 7) is 1.38. The number of benzene rings is 1. The number of nitrogens with zero attached hydrogens (tertiary/aromatic N) is 1. The maximum Gasteiger partial charge on any atom is 0.266 e. The predicted molar refractivity (Wildman–Crippen MR) is 75.9 cm³/mol. The van der Waals surface area contributed by atoms with Gasteiger partial charge < -0.3 is 9.90 Å². The zero-order chi connectivity index (χ0) is 14.0. The third-order valence-electron chi connectivity index (χ3n) is 2.65. The highest BCUT2D eigenvalue weighted by Crippen LogP contribution is 2.33. The second-order valence-electron chi connectivity index (χ2n) is 3.96. The molecule has 1 aromatic rings. The Morgan fingerprint density at radius 1 is 1.42 bits per heavy atom. The largest absolute Gasteiger partial charge is 0.548 e. The SMILES string of the molecule is CC(C(=O)[O-])N1C(=O)C(=Cc2ccccc2)SC1=S. The fraction of sp³-hybridized carbons (Fsp3) is 0.154. The second-order valence-corrected chi connectivity index (χ2v) is 5.63. The van der Waals surface area contributed by atoms with E-state index >= 15 is 0 Å². The molecule has 6 heteroatoms. The summed E-state index contributed by atoms with van der Waals surface area (Å²) in [5, 5.41) is 10.8. The summed E-state index contributed by atoms with van der Waals surface area (Å²) in [6.07, 6.45) is 1.70. The third kappa shape index (κ3) is 2.85. The fourth-order valence-corrected chi connectivity index (χ4v) is 3.04. The molecule has 1 fully saturated rings. The first-order chi connectivity index (χ1) is 9.00. The van der Waals surface area contributed by atoms with Gasteiger partial charge in [-0.05, 0) is 18.6 Å². The van der Waals surface area contributed by atoms with Crippen LogP contribution < -0.4 is 5.11 Å². The van der Waals surface area contributed by atoms with Crippen LogP contribution in [0.4, 0.5) is 0 Å². The van der Waals surface area contributed by atoms with Crippen LogP contribution in [0, 0.1) is 0 Å². The molecule has 0 saturated carbocycles. The average Bonchev–Trinajstić information content (AvgIpc) is 2.65. The molecule has 1 aliphatic heterocycles. The first-order valence-corrected chi connectivity index (χ1v) is 6.76. The smallest absolute Gasteiger partial charge is 0.266 e. The number of aliphatic carboxylic acids is 1. The highest BCUT2D eigenvalue weighted by Gasteiger charge is 2.35. The van der Waals surface area contributed by atoms with Gasteiger partial charge in [-0.25, -0.2) is 0 Å². The fourth-order valence-electron chi connectivity index (χ4n) is 1.62. The van der Waals surface area contributed by atoms with Gasteiger partial charge in [-0.3, -0.25) is 9.69 Å². The average molecular weight is 292 g/mol. The highest BCUT2D eigenvalue weighted by molar-refractivity contribution is 8.26. The van der Waals surface area contributed by atoms with Gasteiger partial charge >= 0.3 is 0 Å². The van der Waals surface area contributed by atoms with Gasteiger partial charge in [-0.1, -0.05) is 54.3 Å². The minimum Gasteiger partial charge on any atom is -0.548 e. The molecule has 0 N–H and O–H groups in total. The normalized spacial score (nSPS) is 19.0. The Morgan fingerprint density at radius 2 is 2.05 bits per heavy atom. The van der Waals surface area contributed by atoms with Crippen molar-refractivity contribution in [3.8, 4) is 0 Å². The van der Waals surface area contributed by atoms with Crippen molar-refractivity contribution in [2.45, 2.75) is 13.0 Å². The molecule has 98 valence electrons. The maximum absolute atomic E-state index is 12.1. The summed E-state index contributed by atoms with van der Waals surface area (Å²) in [7, 11) is 0. The van der Waals surface area contributed by atoms with Crippen LogP contribution in [-0.2, 0) is 9.59 Å². The van der Waals surface area contributed by atoms with Crippen LogP contribution in [0.1, 0.15) is 12.5 Å². The number of carbonyl (C=O) groups is 2. The van der Waals surface area contributed by atoms with E-state index in [1.54, 1.807) is 6.08 Å². The molecular formula is C13H10NO3S2-. The van der Waals surface area contributed by atoms with Gasteiger partial charge in [-0.15, -0.1) is 0 Å². The van der Waals surface area contributed by atoms with Gasteiger partial charge in [0.1, 0.15) is 4.32 Å². The summed E-state index contributed by atoms with van der Waals surface area (Å²) < 4.78 is 0.240. The number of hydrogen-bond donors (Lipinski definition) is 0. The first kappa shape index (κ1) is 13.8. The van der Waals surface area contributed by atoms with Crippen LogP contribution in [-0.4, -0.2) is 27.1 Å². The lowest BCUT2D eigenvalue weighted by Gasteiger charge is -2.23. The van der Waals surface area contributed by atoms with Gasteiger partial charge in [0.15, 0.2) is 0 Å². The Labute approximate surface area is 120 Å². The molecule has 1 atom stereocenters. The lowest BCUT2D eigenvalue weighted by Crippen LogP contribution is -2.48. The third-order valence-corrected chi connectivity index (χ3v) is 3.98. The van der Waals surface area contributed by atoms with E-state index in [-0.39, 0.29) is 4.32 Å². The van der Waals surface area contributed by atoms with Crippen LogP contribution >= 0.6 is 24.0 Å². The zero-order valence-corrected chi connectivity index (χ0v) is 11.7.